The van der Waals surface area contributed by atoms with E-state index in [-0.39, 0.29) is 30.6 Å². The maximum absolute atomic E-state index is 13.0. The minimum Gasteiger partial charge on any atom is -0.347 e. The molecule has 1 aromatic carbocycles. The number of nitrogens with zero attached hydrogens (tertiary/aromatic N) is 2. The summed E-state index contributed by atoms with van der Waals surface area (Å²) in [7, 11) is 2.02. The number of halogens is 1. The molecule has 1 heterocycles. The Balaban J connectivity index is 1.68. The molecule has 0 spiro atoms. The van der Waals surface area contributed by atoms with Crippen molar-refractivity contribution < 1.29 is 14.0 Å². The van der Waals surface area contributed by atoms with E-state index in [2.05, 4.69) is 10.2 Å². The number of aryl methyl sites for hydroxylation is 1. The van der Waals surface area contributed by atoms with Gasteiger partial charge in [0.05, 0.1) is 6.54 Å². The Morgan fingerprint density at radius 2 is 1.95 bits per heavy atom. The average molecular weight is 307 g/mol. The fourth-order valence-electron chi connectivity index (χ4n) is 2.38. The summed E-state index contributed by atoms with van der Waals surface area (Å²) in [5.74, 6) is -0.540. The highest BCUT2D eigenvalue weighted by Crippen LogP contribution is 2.06. The summed E-state index contributed by atoms with van der Waals surface area (Å²) < 4.78 is 13.0. The van der Waals surface area contributed by atoms with Crippen LogP contribution in [0.1, 0.15) is 12.0 Å². The van der Waals surface area contributed by atoms with Gasteiger partial charge in [-0.3, -0.25) is 9.59 Å². The van der Waals surface area contributed by atoms with Crippen molar-refractivity contribution in [3.63, 3.8) is 0 Å². The first-order valence-electron chi connectivity index (χ1n) is 7.52. The van der Waals surface area contributed by atoms with E-state index in [9.17, 15) is 14.0 Å². The van der Waals surface area contributed by atoms with Crippen LogP contribution in [0.15, 0.2) is 24.3 Å². The third-order valence-corrected chi connectivity index (χ3v) is 3.82. The van der Waals surface area contributed by atoms with Gasteiger partial charge in [-0.15, -0.1) is 0 Å². The van der Waals surface area contributed by atoms with Gasteiger partial charge in [-0.05, 0) is 31.2 Å². The summed E-state index contributed by atoms with van der Waals surface area (Å²) in [6.45, 7) is 3.16. The van der Waals surface area contributed by atoms with E-state index in [1.165, 1.54) is 12.1 Å². The second kappa shape index (κ2) is 7.89. The first-order valence-corrected chi connectivity index (χ1v) is 7.52. The van der Waals surface area contributed by atoms with Gasteiger partial charge >= 0.3 is 0 Å². The predicted molar refractivity (Wildman–Crippen MR) is 81.8 cm³/mol. The minimum atomic E-state index is -0.303. The van der Waals surface area contributed by atoms with Gasteiger partial charge in [0.15, 0.2) is 0 Å². The molecule has 22 heavy (non-hydrogen) atoms. The highest BCUT2D eigenvalue weighted by Gasteiger charge is 2.19. The molecular weight excluding hydrogens is 285 g/mol. The summed E-state index contributed by atoms with van der Waals surface area (Å²) in [5, 5.41) is 2.64. The molecule has 0 aliphatic carbocycles. The van der Waals surface area contributed by atoms with Crippen LogP contribution in [0, 0.1) is 5.82 Å². The molecule has 5 nitrogen and oxygen atoms in total. The molecule has 120 valence electrons. The molecule has 1 aromatic rings. The Kier molecular flexibility index (Phi) is 5.89. The van der Waals surface area contributed by atoms with E-state index < -0.39 is 0 Å². The maximum atomic E-state index is 13.0. The number of likely N-dealkylation sites (N-methyl/N-ethyl adjacent to an activating group) is 1. The molecule has 1 N–H and O–H groups in total. The summed E-state index contributed by atoms with van der Waals surface area (Å²) in [5.41, 5.74) is 0.778. The number of piperazine rings is 1. The van der Waals surface area contributed by atoms with E-state index in [4.69, 9.17) is 0 Å². The Bertz CT molecular complexity index is 528. The van der Waals surface area contributed by atoms with Crippen molar-refractivity contribution in [1.82, 2.24) is 15.1 Å². The number of hydrogen-bond acceptors (Lipinski definition) is 3. The van der Waals surface area contributed by atoms with Crippen molar-refractivity contribution >= 4 is 11.8 Å². The van der Waals surface area contributed by atoms with Crippen molar-refractivity contribution in [2.24, 2.45) is 0 Å². The van der Waals surface area contributed by atoms with E-state index in [0.717, 1.165) is 18.7 Å². The molecule has 2 amide bonds. The molecule has 1 saturated heterocycles. The lowest BCUT2D eigenvalue weighted by molar-refractivity contribution is -0.134. The zero-order chi connectivity index (χ0) is 15.9. The minimum absolute atomic E-state index is 0.0334. The first-order chi connectivity index (χ1) is 10.5. The number of hydrogen-bond donors (Lipinski definition) is 1. The van der Waals surface area contributed by atoms with E-state index >= 15 is 0 Å². The SMILES string of the molecule is CN1CCN(C(=O)CNC(=O)CCc2cccc(F)c2)CC1. The lowest BCUT2D eigenvalue weighted by Gasteiger charge is -2.32. The van der Waals surface area contributed by atoms with E-state index in [0.29, 0.717) is 19.5 Å². The van der Waals surface area contributed by atoms with Crippen molar-refractivity contribution in [3.05, 3.63) is 35.6 Å². The highest BCUT2D eigenvalue weighted by molar-refractivity contribution is 5.84. The lowest BCUT2D eigenvalue weighted by atomic mass is 10.1. The Morgan fingerprint density at radius 1 is 1.23 bits per heavy atom. The molecule has 0 aromatic heterocycles. The Hall–Kier alpha value is -1.95. The number of nitrogens with one attached hydrogen (secondary N) is 1. The number of benzene rings is 1. The molecule has 2 rings (SSSR count). The normalized spacial score (nSPS) is 15.6. The van der Waals surface area contributed by atoms with Gasteiger partial charge in [0.2, 0.25) is 11.8 Å². The van der Waals surface area contributed by atoms with Crippen molar-refractivity contribution in [2.75, 3.05) is 39.8 Å². The van der Waals surface area contributed by atoms with Gasteiger partial charge in [0.25, 0.3) is 0 Å². The monoisotopic (exact) mass is 307 g/mol. The van der Waals surface area contributed by atoms with Crippen LogP contribution >= 0.6 is 0 Å². The quantitative estimate of drug-likeness (QED) is 0.869. The lowest BCUT2D eigenvalue weighted by Crippen LogP contribution is -2.50. The van der Waals surface area contributed by atoms with Crippen molar-refractivity contribution in [1.29, 1.82) is 0 Å². The van der Waals surface area contributed by atoms with Crippen LogP contribution in [-0.4, -0.2) is 61.4 Å². The number of carbonyl (C=O) groups is 2. The molecule has 0 atom stereocenters. The summed E-state index contributed by atoms with van der Waals surface area (Å²) in [6.07, 6.45) is 0.714. The summed E-state index contributed by atoms with van der Waals surface area (Å²) in [4.78, 5) is 27.7. The third-order valence-electron chi connectivity index (χ3n) is 3.82. The van der Waals surface area contributed by atoms with Crippen LogP contribution in [0.25, 0.3) is 0 Å². The largest absolute Gasteiger partial charge is 0.347 e. The fraction of sp³-hybridized carbons (Fsp3) is 0.500. The third kappa shape index (κ3) is 5.11. The van der Waals surface area contributed by atoms with Gasteiger partial charge in [0.1, 0.15) is 5.82 Å². The highest BCUT2D eigenvalue weighted by atomic mass is 19.1. The smallest absolute Gasteiger partial charge is 0.242 e. The van der Waals surface area contributed by atoms with Gasteiger partial charge in [0, 0.05) is 32.6 Å². The van der Waals surface area contributed by atoms with Gasteiger partial charge in [-0.1, -0.05) is 12.1 Å². The van der Waals surface area contributed by atoms with Crippen molar-refractivity contribution in [2.45, 2.75) is 12.8 Å². The molecule has 1 aliphatic heterocycles. The van der Waals surface area contributed by atoms with E-state index in [1.807, 2.05) is 7.05 Å². The number of rotatable bonds is 5. The molecule has 0 unspecified atom stereocenters. The van der Waals surface area contributed by atoms with Gasteiger partial charge in [-0.25, -0.2) is 4.39 Å². The first kappa shape index (κ1) is 16.4. The van der Waals surface area contributed by atoms with Crippen LogP contribution < -0.4 is 5.32 Å². The Morgan fingerprint density at radius 3 is 2.64 bits per heavy atom. The van der Waals surface area contributed by atoms with E-state index in [1.54, 1.807) is 17.0 Å². The van der Waals surface area contributed by atoms with Crippen LogP contribution in [0.4, 0.5) is 4.39 Å². The zero-order valence-electron chi connectivity index (χ0n) is 12.8. The molecule has 1 fully saturated rings. The molecule has 6 heteroatoms. The predicted octanol–water partition coefficient (Wildman–Crippen LogP) is 0.649. The zero-order valence-corrected chi connectivity index (χ0v) is 12.8. The van der Waals surface area contributed by atoms with Crippen LogP contribution in [-0.2, 0) is 16.0 Å². The van der Waals surface area contributed by atoms with Gasteiger partial charge < -0.3 is 15.1 Å². The van der Waals surface area contributed by atoms with Crippen LogP contribution in [0.2, 0.25) is 0 Å². The van der Waals surface area contributed by atoms with Crippen LogP contribution in [0.3, 0.4) is 0 Å². The molecule has 0 bridgehead atoms. The molecule has 1 aliphatic rings. The molecule has 0 saturated carbocycles. The average Bonchev–Trinajstić information content (AvgIpc) is 2.51. The number of carbonyl (C=O) groups excluding carboxylic acids is 2. The van der Waals surface area contributed by atoms with Crippen molar-refractivity contribution in [3.8, 4) is 0 Å². The Labute approximate surface area is 130 Å². The summed E-state index contributed by atoms with van der Waals surface area (Å²) in [6, 6.07) is 6.20. The standard InChI is InChI=1S/C16H22FN3O2/c1-19-7-9-20(10-8-19)16(22)12-18-15(21)6-5-13-3-2-4-14(17)11-13/h2-4,11H,5-10,12H2,1H3,(H,18,21). The molecular formula is C16H22FN3O2. The van der Waals surface area contributed by atoms with Crippen LogP contribution in [0.5, 0.6) is 0 Å². The summed E-state index contributed by atoms with van der Waals surface area (Å²) >= 11 is 0. The second-order valence-electron chi connectivity index (χ2n) is 5.59. The maximum Gasteiger partial charge on any atom is 0.242 e. The fourth-order valence-corrected chi connectivity index (χ4v) is 2.38. The van der Waals surface area contributed by atoms with Gasteiger partial charge in [-0.2, -0.15) is 0 Å². The topological polar surface area (TPSA) is 52.6 Å². The second-order valence-corrected chi connectivity index (χ2v) is 5.59. The number of amides is 2. The molecule has 0 radical (unpaired) electrons.